The topological polar surface area (TPSA) is 0 Å². The van der Waals surface area contributed by atoms with Gasteiger partial charge in [0, 0.05) is 0 Å². The van der Waals surface area contributed by atoms with Crippen molar-refractivity contribution >= 4 is 19.6 Å². The molecule has 0 fully saturated rings. The van der Waals surface area contributed by atoms with Crippen LogP contribution in [0.4, 0.5) is 0 Å². The first-order chi connectivity index (χ1) is 5.33. The van der Waals surface area contributed by atoms with Crippen molar-refractivity contribution in [3.05, 3.63) is 42.5 Å². The van der Waals surface area contributed by atoms with Gasteiger partial charge in [-0.15, -0.1) is 0 Å². The molecule has 11 heavy (non-hydrogen) atoms. The van der Waals surface area contributed by atoms with E-state index in [1.165, 1.54) is 9.99 Å². The normalized spacial score (nSPS) is 8.82. The molecule has 1 heteroatoms. The third-order valence-corrected chi connectivity index (χ3v) is 3.02. The van der Waals surface area contributed by atoms with Gasteiger partial charge in [-0.25, -0.2) is 0 Å². The quantitative estimate of drug-likeness (QED) is 0.467. The minimum absolute atomic E-state index is 0.419. The van der Waals surface area contributed by atoms with E-state index in [1.54, 1.807) is 0 Å². The van der Waals surface area contributed by atoms with Crippen LogP contribution in [0.25, 0.3) is 0 Å². The summed E-state index contributed by atoms with van der Waals surface area (Å²) in [5.41, 5.74) is 1.34. The summed E-state index contributed by atoms with van der Waals surface area (Å²) >= 11 is 0.419. The summed E-state index contributed by atoms with van der Waals surface area (Å²) in [5.74, 6) is 0. The van der Waals surface area contributed by atoms with Gasteiger partial charge in [-0.2, -0.15) is 0 Å². The van der Waals surface area contributed by atoms with E-state index in [2.05, 4.69) is 37.8 Å². The summed E-state index contributed by atoms with van der Waals surface area (Å²) in [7, 11) is 0. The first kappa shape index (κ1) is 8.59. The Morgan fingerprint density at radius 2 is 2.00 bits per heavy atom. The zero-order valence-electron chi connectivity index (χ0n) is 6.88. The molecule has 1 rings (SSSR count). The average Bonchev–Trinajstić information content (AvgIpc) is 2.04. The molecule has 0 spiro atoms. The van der Waals surface area contributed by atoms with Crippen LogP contribution in [-0.4, -0.2) is 15.2 Å². The first-order valence-corrected chi connectivity index (χ1v) is 5.23. The van der Waals surface area contributed by atoms with Gasteiger partial charge >= 0.3 is 74.3 Å². The van der Waals surface area contributed by atoms with E-state index in [0.717, 1.165) is 5.28 Å². The summed E-state index contributed by atoms with van der Waals surface area (Å²) in [6.07, 6.45) is 2.00. The fourth-order valence-electron chi connectivity index (χ4n) is 0.922. The fraction of sp³-hybridized carbons (Fsp3) is 0.200. The Labute approximate surface area is 74.7 Å². The third kappa shape index (κ3) is 2.93. The molecule has 0 bridgehead atoms. The summed E-state index contributed by atoms with van der Waals surface area (Å²) < 4.78 is 1.48. The second-order valence-corrected chi connectivity index (χ2v) is 4.19. The van der Waals surface area contributed by atoms with Crippen LogP contribution in [0.1, 0.15) is 5.56 Å². The van der Waals surface area contributed by atoms with E-state index in [1.807, 2.05) is 6.08 Å². The van der Waals surface area contributed by atoms with Crippen molar-refractivity contribution in [1.82, 2.24) is 0 Å². The van der Waals surface area contributed by atoms with Gasteiger partial charge in [0.15, 0.2) is 0 Å². The van der Waals surface area contributed by atoms with Gasteiger partial charge < -0.3 is 0 Å². The monoisotopic (exact) mass is 159 g/mol. The van der Waals surface area contributed by atoms with Crippen molar-refractivity contribution in [3.8, 4) is 0 Å². The van der Waals surface area contributed by atoms with Crippen molar-refractivity contribution < 1.29 is 0 Å². The molecular weight excluding hydrogens is 147 g/mol. The second-order valence-electron chi connectivity index (χ2n) is 2.64. The van der Waals surface area contributed by atoms with E-state index >= 15 is 0 Å². The number of benzene rings is 1. The molecule has 0 unspecified atom stereocenters. The Kier molecular flexibility index (Phi) is 3.42. The summed E-state index contributed by atoms with van der Waals surface area (Å²) in [6, 6.07) is 8.78. The average molecular weight is 159 g/mol. The maximum absolute atomic E-state index is 3.71. The molecule has 1 aromatic rings. The third-order valence-electron chi connectivity index (χ3n) is 1.60. The Hall–Kier alpha value is -0.508. The minimum atomic E-state index is 0.419. The van der Waals surface area contributed by atoms with Crippen LogP contribution < -0.4 is 4.43 Å². The molecule has 54 valence electrons. The molecule has 0 aliphatic rings. The number of aryl methyl sites for hydroxylation is 1. The van der Waals surface area contributed by atoms with E-state index in [-0.39, 0.29) is 0 Å². The summed E-state index contributed by atoms with van der Waals surface area (Å²) in [6.45, 7) is 5.83. The fourth-order valence-corrected chi connectivity index (χ4v) is 1.83. The number of rotatable bonds is 3. The Morgan fingerprint density at radius 3 is 2.55 bits per heavy atom. The predicted octanol–water partition coefficient (Wildman–Crippen LogP) is 1.93. The van der Waals surface area contributed by atoms with E-state index in [9.17, 15) is 0 Å². The molecule has 0 saturated heterocycles. The second kappa shape index (κ2) is 4.39. The molecule has 0 saturated carbocycles. The van der Waals surface area contributed by atoms with Crippen LogP contribution in [0.5, 0.6) is 0 Å². The van der Waals surface area contributed by atoms with Crippen molar-refractivity contribution in [2.45, 2.75) is 12.2 Å². The van der Waals surface area contributed by atoms with Gasteiger partial charge in [-0.3, -0.25) is 0 Å². The molecule has 0 nitrogen and oxygen atoms in total. The summed E-state index contributed by atoms with van der Waals surface area (Å²) in [4.78, 5) is 0. The Bertz CT molecular complexity index is 223. The van der Waals surface area contributed by atoms with Gasteiger partial charge in [0.1, 0.15) is 0 Å². The summed E-state index contributed by atoms with van der Waals surface area (Å²) in [5, 5.41) is 1.16. The Balaban J connectivity index is 2.58. The van der Waals surface area contributed by atoms with Gasteiger partial charge in [0.2, 0.25) is 0 Å². The molecule has 0 aromatic heterocycles. The molecule has 0 aliphatic heterocycles. The number of hydrogen-bond donors (Lipinski definition) is 0. The Morgan fingerprint density at radius 1 is 1.36 bits per heavy atom. The maximum atomic E-state index is 3.71. The van der Waals surface area contributed by atoms with Gasteiger partial charge in [-0.1, -0.05) is 0 Å². The van der Waals surface area contributed by atoms with Crippen molar-refractivity contribution in [2.24, 2.45) is 0 Å². The van der Waals surface area contributed by atoms with E-state index in [4.69, 9.17) is 0 Å². The van der Waals surface area contributed by atoms with E-state index < -0.39 is 0 Å². The number of hydrogen-bond acceptors (Lipinski definition) is 0. The standard InChI is InChI=1S/C7H7.C3H5.Al/c1-7-5-3-2-4-6-7;1-3-2;/h3-6H,1H3;3H,1-2H2;/q;;+1. The first-order valence-electron chi connectivity index (χ1n) is 3.83. The SMILES string of the molecule is C=C[CH2][Al+][c]1ccc(C)cc1. The molecule has 0 aliphatic carbocycles. The van der Waals surface area contributed by atoms with Gasteiger partial charge in [0.25, 0.3) is 0 Å². The van der Waals surface area contributed by atoms with Crippen LogP contribution in [0.15, 0.2) is 36.9 Å². The molecular formula is C10H12Al+. The van der Waals surface area contributed by atoms with Gasteiger partial charge in [0.05, 0.1) is 0 Å². The molecule has 0 atom stereocenters. The van der Waals surface area contributed by atoms with Crippen LogP contribution >= 0.6 is 0 Å². The van der Waals surface area contributed by atoms with Crippen molar-refractivity contribution in [2.75, 3.05) is 0 Å². The van der Waals surface area contributed by atoms with Crippen molar-refractivity contribution in [1.29, 1.82) is 0 Å². The number of allylic oxidation sites excluding steroid dienone is 1. The van der Waals surface area contributed by atoms with Crippen LogP contribution in [0.2, 0.25) is 5.28 Å². The zero-order chi connectivity index (χ0) is 8.10. The van der Waals surface area contributed by atoms with Crippen LogP contribution in [0, 0.1) is 6.92 Å². The zero-order valence-corrected chi connectivity index (χ0v) is 8.03. The van der Waals surface area contributed by atoms with Crippen LogP contribution in [0.3, 0.4) is 0 Å². The van der Waals surface area contributed by atoms with E-state index in [0.29, 0.717) is 15.2 Å². The van der Waals surface area contributed by atoms with Crippen molar-refractivity contribution in [3.63, 3.8) is 0 Å². The molecule has 0 amide bonds. The molecule has 1 aromatic carbocycles. The van der Waals surface area contributed by atoms with Crippen LogP contribution in [-0.2, 0) is 0 Å². The molecule has 0 N–H and O–H groups in total. The predicted molar refractivity (Wildman–Crippen MR) is 51.6 cm³/mol. The van der Waals surface area contributed by atoms with Gasteiger partial charge in [-0.05, 0) is 0 Å². The molecule has 0 radical (unpaired) electrons. The molecule has 0 heterocycles.